The van der Waals surface area contributed by atoms with Crippen LogP contribution in [-0.2, 0) is 22.7 Å². The minimum Gasteiger partial charge on any atom is -0.371 e. The van der Waals surface area contributed by atoms with Crippen LogP contribution in [0.25, 0.3) is 0 Å². The van der Waals surface area contributed by atoms with Crippen molar-refractivity contribution in [2.45, 2.75) is 64.2 Å². The second kappa shape index (κ2) is 14.6. The third-order valence-corrected chi connectivity index (χ3v) is 13.8. The third kappa shape index (κ3) is 6.63. The average molecular weight is 789 g/mol. The molecule has 2 unspecified atom stereocenters. The van der Waals surface area contributed by atoms with Crippen molar-refractivity contribution in [1.82, 2.24) is 24.9 Å². The number of fused-ring (bicyclic) bond motifs is 2. The van der Waals surface area contributed by atoms with Gasteiger partial charge in [-0.25, -0.2) is 0 Å². The van der Waals surface area contributed by atoms with E-state index in [4.69, 9.17) is 11.6 Å². The molecule has 4 fully saturated rings. The molecule has 14 heteroatoms. The summed E-state index contributed by atoms with van der Waals surface area (Å²) in [4.78, 5) is 76.7. The van der Waals surface area contributed by atoms with E-state index in [1.807, 2.05) is 35.2 Å². The maximum absolute atomic E-state index is 13.6. The first-order valence-electron chi connectivity index (χ1n) is 19.9. The maximum Gasteiger partial charge on any atom is 0.262 e. The summed E-state index contributed by atoms with van der Waals surface area (Å²) in [5.41, 5.74) is 6.27. The number of nitriles is 1. The molecule has 0 aliphatic carbocycles. The zero-order valence-corrected chi connectivity index (χ0v) is 32.8. The Morgan fingerprint density at radius 2 is 1.46 bits per heavy atom. The SMILES string of the molecule is CC1N(c2ccc(C#N)c(Cl)c2)CCC12CCN(c1ccc(C(=O)N3CCN(CN4Cc5cc6c(cc5C4)C(=O)N(C4CCC(=O)NC4=O)C6=O)CC3)cc1)CC2. The predicted octanol–water partition coefficient (Wildman–Crippen LogP) is 4.23. The Kier molecular flexibility index (Phi) is 9.54. The van der Waals surface area contributed by atoms with Crippen molar-refractivity contribution < 1.29 is 24.0 Å². The van der Waals surface area contributed by atoms with Gasteiger partial charge in [-0.1, -0.05) is 11.6 Å². The van der Waals surface area contributed by atoms with Crippen LogP contribution in [0.4, 0.5) is 11.4 Å². The van der Waals surface area contributed by atoms with Gasteiger partial charge in [0.1, 0.15) is 12.1 Å². The van der Waals surface area contributed by atoms with Gasteiger partial charge >= 0.3 is 0 Å². The van der Waals surface area contributed by atoms with E-state index in [9.17, 15) is 29.2 Å². The standard InChI is InChI=1S/C43H45ClN8O5/c1-27-43(12-15-51(27)33-7-4-29(23-45)36(44)22-33)10-13-49(14-11-43)32-5-2-28(3-6-32)40(55)50-18-16-47(17-19-50)26-48-24-30-20-34-35(21-31(30)25-48)42(57)52(41(34)56)37-8-9-38(53)46-39(37)54/h2-7,20-22,27,37H,8-19,24-26H2,1H3,(H,46,53,54). The number of amides is 5. The number of hydrogen-bond acceptors (Lipinski definition) is 10. The molecule has 0 aromatic heterocycles. The summed E-state index contributed by atoms with van der Waals surface area (Å²) in [5, 5.41) is 12.0. The first kappa shape index (κ1) is 37.3. The minimum atomic E-state index is -0.974. The van der Waals surface area contributed by atoms with Crippen LogP contribution >= 0.6 is 11.6 Å². The molecule has 6 heterocycles. The molecule has 3 aromatic rings. The molecule has 2 atom stereocenters. The molecule has 0 saturated carbocycles. The van der Waals surface area contributed by atoms with E-state index >= 15 is 0 Å². The number of piperidine rings is 2. The summed E-state index contributed by atoms with van der Waals surface area (Å²) in [6.07, 6.45) is 3.54. The van der Waals surface area contributed by atoms with Crippen molar-refractivity contribution in [1.29, 1.82) is 5.26 Å². The van der Waals surface area contributed by atoms with Crippen LogP contribution in [0.5, 0.6) is 0 Å². The van der Waals surface area contributed by atoms with E-state index in [-0.39, 0.29) is 24.2 Å². The quantitative estimate of drug-likeness (QED) is 0.361. The lowest BCUT2D eigenvalue weighted by atomic mass is 9.73. The highest BCUT2D eigenvalue weighted by molar-refractivity contribution is 6.32. The van der Waals surface area contributed by atoms with Crippen LogP contribution < -0.4 is 15.1 Å². The van der Waals surface area contributed by atoms with Crippen LogP contribution in [0.1, 0.15) is 86.8 Å². The Hall–Kier alpha value is -5.29. The molecule has 0 bridgehead atoms. The third-order valence-electron chi connectivity index (χ3n) is 13.5. The van der Waals surface area contributed by atoms with Gasteiger partial charge in [-0.3, -0.25) is 44.0 Å². The Bertz CT molecular complexity index is 2180. The van der Waals surface area contributed by atoms with Crippen molar-refractivity contribution in [3.05, 3.63) is 93.0 Å². The van der Waals surface area contributed by atoms with Gasteiger partial charge in [0.25, 0.3) is 17.7 Å². The highest BCUT2D eigenvalue weighted by Gasteiger charge is 2.47. The highest BCUT2D eigenvalue weighted by atomic mass is 35.5. The van der Waals surface area contributed by atoms with Crippen molar-refractivity contribution in [3.63, 3.8) is 0 Å². The van der Waals surface area contributed by atoms with Gasteiger partial charge in [0.15, 0.2) is 0 Å². The molecular formula is C43H45ClN8O5. The molecule has 13 nitrogen and oxygen atoms in total. The molecule has 6 aliphatic rings. The lowest BCUT2D eigenvalue weighted by Gasteiger charge is -2.44. The topological polar surface area (TPSA) is 141 Å². The summed E-state index contributed by atoms with van der Waals surface area (Å²) >= 11 is 6.37. The number of imide groups is 2. The van der Waals surface area contributed by atoms with E-state index in [1.54, 1.807) is 12.1 Å². The zero-order valence-electron chi connectivity index (χ0n) is 32.0. The molecule has 294 valence electrons. The number of anilines is 2. The van der Waals surface area contributed by atoms with Gasteiger partial charge < -0.3 is 14.7 Å². The molecule has 4 saturated heterocycles. The van der Waals surface area contributed by atoms with Crippen molar-refractivity contribution in [3.8, 4) is 6.07 Å². The molecule has 3 aromatic carbocycles. The van der Waals surface area contributed by atoms with Crippen molar-refractivity contribution in [2.24, 2.45) is 5.41 Å². The van der Waals surface area contributed by atoms with Gasteiger partial charge in [-0.05, 0) is 104 Å². The van der Waals surface area contributed by atoms with Crippen LogP contribution in [0.15, 0.2) is 54.6 Å². The number of nitrogens with zero attached hydrogens (tertiary/aromatic N) is 7. The number of carbonyl (C=O) groups is 5. The lowest BCUT2D eigenvalue weighted by Crippen LogP contribution is -2.54. The Labute approximate surface area is 336 Å². The number of piperazine rings is 1. The van der Waals surface area contributed by atoms with E-state index in [0.29, 0.717) is 66.2 Å². The monoisotopic (exact) mass is 788 g/mol. The number of nitrogens with one attached hydrogen (secondary N) is 1. The Morgan fingerprint density at radius 3 is 2.07 bits per heavy atom. The first-order chi connectivity index (χ1) is 27.5. The summed E-state index contributed by atoms with van der Waals surface area (Å²) < 4.78 is 0. The van der Waals surface area contributed by atoms with Gasteiger partial charge in [0.2, 0.25) is 11.8 Å². The molecule has 6 aliphatic heterocycles. The predicted molar refractivity (Wildman–Crippen MR) is 213 cm³/mol. The number of hydrogen-bond donors (Lipinski definition) is 1. The minimum absolute atomic E-state index is 0.0466. The smallest absolute Gasteiger partial charge is 0.262 e. The van der Waals surface area contributed by atoms with E-state index in [0.717, 1.165) is 79.4 Å². The fraction of sp³-hybridized carbons (Fsp3) is 0.442. The van der Waals surface area contributed by atoms with Gasteiger partial charge in [-0.2, -0.15) is 5.26 Å². The largest absolute Gasteiger partial charge is 0.371 e. The maximum atomic E-state index is 13.6. The molecule has 57 heavy (non-hydrogen) atoms. The van der Waals surface area contributed by atoms with Crippen LogP contribution in [0, 0.1) is 16.7 Å². The fourth-order valence-electron chi connectivity index (χ4n) is 9.99. The van der Waals surface area contributed by atoms with E-state index in [1.165, 1.54) is 0 Å². The van der Waals surface area contributed by atoms with Gasteiger partial charge in [0, 0.05) is 88.3 Å². The number of benzene rings is 3. The average Bonchev–Trinajstić information content (AvgIpc) is 3.84. The summed E-state index contributed by atoms with van der Waals surface area (Å²) in [7, 11) is 0. The van der Waals surface area contributed by atoms with Crippen LogP contribution in [0.3, 0.4) is 0 Å². The van der Waals surface area contributed by atoms with Gasteiger partial charge in [0.05, 0.1) is 28.4 Å². The molecule has 9 rings (SSSR count). The Morgan fingerprint density at radius 1 is 0.825 bits per heavy atom. The number of carbonyl (C=O) groups excluding carboxylic acids is 5. The molecular weight excluding hydrogens is 744 g/mol. The number of rotatable bonds is 6. The Balaban J connectivity index is 0.747. The summed E-state index contributed by atoms with van der Waals surface area (Å²) in [5.74, 6) is -1.93. The summed E-state index contributed by atoms with van der Waals surface area (Å²) in [6, 6.07) is 19.0. The van der Waals surface area contributed by atoms with Gasteiger partial charge in [-0.15, -0.1) is 0 Å². The zero-order chi connectivity index (χ0) is 39.6. The van der Waals surface area contributed by atoms with Crippen LogP contribution in [-0.4, -0.2) is 114 Å². The number of halogens is 1. The molecule has 1 spiro atoms. The molecule has 5 amide bonds. The van der Waals surface area contributed by atoms with E-state index < -0.39 is 29.7 Å². The molecule has 0 radical (unpaired) electrons. The second-order valence-corrected chi connectivity index (χ2v) is 16.9. The van der Waals surface area contributed by atoms with Crippen LogP contribution in [0.2, 0.25) is 5.02 Å². The fourth-order valence-corrected chi connectivity index (χ4v) is 10.2. The summed E-state index contributed by atoms with van der Waals surface area (Å²) in [6.45, 7) is 9.96. The second-order valence-electron chi connectivity index (χ2n) is 16.4. The van der Waals surface area contributed by atoms with Crippen molar-refractivity contribution >= 4 is 52.5 Å². The lowest BCUT2D eigenvalue weighted by molar-refractivity contribution is -0.136. The van der Waals surface area contributed by atoms with E-state index in [2.05, 4.69) is 50.0 Å². The highest BCUT2D eigenvalue weighted by Crippen LogP contribution is 2.47. The van der Waals surface area contributed by atoms with Crippen molar-refractivity contribution in [2.75, 3.05) is 62.3 Å². The first-order valence-corrected chi connectivity index (χ1v) is 20.3. The molecule has 1 N–H and O–H groups in total. The normalized spacial score (nSPS) is 23.6.